The number of carbonyl (C=O) groups excluding carboxylic acids is 3. The molecule has 3 amide bonds. The molecule has 14 nitrogen and oxygen atoms in total. The van der Waals surface area contributed by atoms with Crippen molar-refractivity contribution in [2.45, 2.75) is 62.9 Å². The van der Waals surface area contributed by atoms with Crippen LogP contribution in [0.2, 0.25) is 0 Å². The molecule has 0 saturated heterocycles. The summed E-state index contributed by atoms with van der Waals surface area (Å²) in [6, 6.07) is 11.3. The van der Waals surface area contributed by atoms with Gasteiger partial charge in [0.15, 0.2) is 12.0 Å². The number of carboxylic acids is 1. The maximum absolute atomic E-state index is 13.8. The second-order valence-electron chi connectivity index (χ2n) is 10.5. The topological polar surface area (TPSA) is 251 Å². The van der Waals surface area contributed by atoms with Crippen molar-refractivity contribution >= 4 is 40.6 Å². The number of H-pyrrole nitrogens is 1. The van der Waals surface area contributed by atoms with E-state index in [-0.39, 0.29) is 31.8 Å². The molecule has 0 fully saturated rings. The van der Waals surface area contributed by atoms with Crippen LogP contribution in [0.15, 0.2) is 65.8 Å². The number of fused-ring (bicyclic) bond motifs is 1. The van der Waals surface area contributed by atoms with Gasteiger partial charge >= 0.3 is 5.97 Å². The average molecular weight is 609 g/mol. The highest BCUT2D eigenvalue weighted by molar-refractivity contribution is 5.95. The number of hydrogen-bond acceptors (Lipinski definition) is 7. The number of aliphatic hydroxyl groups is 1. The summed E-state index contributed by atoms with van der Waals surface area (Å²) < 4.78 is 0. The van der Waals surface area contributed by atoms with E-state index < -0.39 is 54.0 Å². The lowest BCUT2D eigenvalue weighted by Gasteiger charge is -2.26. The van der Waals surface area contributed by atoms with Crippen molar-refractivity contribution in [1.82, 2.24) is 20.9 Å². The lowest BCUT2D eigenvalue weighted by Crippen LogP contribution is -2.59. The van der Waals surface area contributed by atoms with E-state index in [9.17, 15) is 29.4 Å². The van der Waals surface area contributed by atoms with Gasteiger partial charge in [-0.3, -0.25) is 19.4 Å². The minimum Gasteiger partial charge on any atom is -0.480 e. The van der Waals surface area contributed by atoms with Gasteiger partial charge in [0.05, 0.1) is 12.1 Å². The fourth-order valence-electron chi connectivity index (χ4n) is 4.63. The van der Waals surface area contributed by atoms with Crippen LogP contribution in [0.5, 0.6) is 0 Å². The molecule has 5 unspecified atom stereocenters. The normalized spacial score (nSPS) is 14.4. The zero-order valence-corrected chi connectivity index (χ0v) is 24.4. The van der Waals surface area contributed by atoms with E-state index in [0.29, 0.717) is 12.0 Å². The molecule has 14 heteroatoms. The number of nitrogens with one attached hydrogen (secondary N) is 4. The Morgan fingerprint density at radius 1 is 0.886 bits per heavy atom. The highest BCUT2D eigenvalue weighted by atomic mass is 16.4. The van der Waals surface area contributed by atoms with Gasteiger partial charge in [-0.1, -0.05) is 48.5 Å². The van der Waals surface area contributed by atoms with Gasteiger partial charge in [-0.05, 0) is 37.0 Å². The Hall–Kier alpha value is -4.95. The van der Waals surface area contributed by atoms with E-state index in [1.165, 1.54) is 6.92 Å². The lowest BCUT2D eigenvalue weighted by atomic mass is 10.0. The van der Waals surface area contributed by atoms with E-state index in [0.717, 1.165) is 16.5 Å². The molecule has 0 radical (unpaired) electrons. The van der Waals surface area contributed by atoms with Gasteiger partial charge in [-0.25, -0.2) is 4.79 Å². The smallest absolute Gasteiger partial charge is 0.328 e. The molecule has 0 spiro atoms. The molecule has 0 saturated carbocycles. The quantitative estimate of drug-likeness (QED) is 0.0563. The van der Waals surface area contributed by atoms with Crippen molar-refractivity contribution in [3.8, 4) is 0 Å². The molecule has 5 atom stereocenters. The zero-order chi connectivity index (χ0) is 32.2. The number of para-hydroxylation sites is 1. The highest BCUT2D eigenvalue weighted by Gasteiger charge is 2.32. The molecule has 3 aromatic rings. The van der Waals surface area contributed by atoms with E-state index in [1.54, 1.807) is 36.5 Å². The predicted molar refractivity (Wildman–Crippen MR) is 165 cm³/mol. The molecule has 1 aromatic heterocycles. The van der Waals surface area contributed by atoms with Crippen molar-refractivity contribution in [3.63, 3.8) is 0 Å². The number of aromatic amines is 1. The first-order valence-electron chi connectivity index (χ1n) is 14.2. The number of aromatic nitrogens is 1. The van der Waals surface area contributed by atoms with Crippen LogP contribution in [0.25, 0.3) is 10.9 Å². The molecule has 3 rings (SSSR count). The third kappa shape index (κ3) is 9.81. The van der Waals surface area contributed by atoms with Crippen LogP contribution in [0.3, 0.4) is 0 Å². The molecule has 44 heavy (non-hydrogen) atoms. The molecule has 0 aliphatic carbocycles. The molecular formula is C30H40N8O6. The fourth-order valence-corrected chi connectivity index (χ4v) is 4.63. The third-order valence-electron chi connectivity index (χ3n) is 7.00. The number of rotatable bonds is 16. The van der Waals surface area contributed by atoms with Gasteiger partial charge in [0, 0.05) is 36.5 Å². The Labute approximate surface area is 254 Å². The van der Waals surface area contributed by atoms with Crippen LogP contribution in [-0.4, -0.2) is 81.7 Å². The summed E-state index contributed by atoms with van der Waals surface area (Å²) in [4.78, 5) is 58.9. The van der Waals surface area contributed by atoms with Gasteiger partial charge < -0.3 is 48.3 Å². The molecule has 236 valence electrons. The van der Waals surface area contributed by atoms with E-state index in [2.05, 4.69) is 25.9 Å². The number of amides is 3. The maximum atomic E-state index is 13.8. The Balaban J connectivity index is 1.86. The van der Waals surface area contributed by atoms with Gasteiger partial charge in [-0.15, -0.1) is 0 Å². The van der Waals surface area contributed by atoms with Gasteiger partial charge in [-0.2, -0.15) is 0 Å². The largest absolute Gasteiger partial charge is 0.480 e. The van der Waals surface area contributed by atoms with Crippen LogP contribution in [0.1, 0.15) is 30.9 Å². The lowest BCUT2D eigenvalue weighted by molar-refractivity contribution is -0.145. The Morgan fingerprint density at radius 2 is 1.50 bits per heavy atom. The minimum atomic E-state index is -1.60. The minimum absolute atomic E-state index is 0.0165. The molecule has 0 aliphatic heterocycles. The summed E-state index contributed by atoms with van der Waals surface area (Å²) in [6.45, 7) is 1.51. The van der Waals surface area contributed by atoms with E-state index in [4.69, 9.17) is 17.2 Å². The Kier molecular flexibility index (Phi) is 12.2. The number of carboxylic acid groups (broad SMARTS) is 1. The number of nitrogens with zero attached hydrogens (tertiary/aromatic N) is 1. The molecule has 12 N–H and O–H groups in total. The summed E-state index contributed by atoms with van der Waals surface area (Å²) in [7, 11) is 0. The van der Waals surface area contributed by atoms with Crippen molar-refractivity contribution in [2.75, 3.05) is 6.54 Å². The maximum Gasteiger partial charge on any atom is 0.328 e. The number of guanidine groups is 1. The Bertz CT molecular complexity index is 1450. The summed E-state index contributed by atoms with van der Waals surface area (Å²) in [5.74, 6) is -3.59. The molecule has 0 bridgehead atoms. The molecular weight excluding hydrogens is 568 g/mol. The van der Waals surface area contributed by atoms with Crippen molar-refractivity contribution in [1.29, 1.82) is 0 Å². The number of aliphatic imine (C=N–C) groups is 1. The van der Waals surface area contributed by atoms with E-state index >= 15 is 0 Å². The third-order valence-corrected chi connectivity index (χ3v) is 7.00. The highest BCUT2D eigenvalue weighted by Crippen LogP contribution is 2.19. The van der Waals surface area contributed by atoms with Crippen molar-refractivity contribution in [2.24, 2.45) is 22.2 Å². The number of nitrogens with two attached hydrogens (primary N) is 3. The van der Waals surface area contributed by atoms with Crippen LogP contribution >= 0.6 is 0 Å². The van der Waals surface area contributed by atoms with Crippen molar-refractivity contribution < 1.29 is 29.4 Å². The van der Waals surface area contributed by atoms with E-state index in [1.807, 2.05) is 24.3 Å². The SMILES string of the molecule is CC(O)C(NC(=O)C(Cc1ccccc1)NC(=O)C(Cc1c[nH]c2ccccc12)NC(=O)C(N)CCCN=C(N)N)C(=O)O. The number of benzene rings is 2. The number of carbonyl (C=O) groups is 4. The van der Waals surface area contributed by atoms with Gasteiger partial charge in [0.25, 0.3) is 0 Å². The second-order valence-corrected chi connectivity index (χ2v) is 10.5. The first-order valence-corrected chi connectivity index (χ1v) is 14.2. The Morgan fingerprint density at radius 3 is 2.16 bits per heavy atom. The van der Waals surface area contributed by atoms with Crippen molar-refractivity contribution in [3.05, 3.63) is 71.9 Å². The number of aliphatic carboxylic acids is 1. The fraction of sp³-hybridized carbons (Fsp3) is 0.367. The summed E-state index contributed by atoms with van der Waals surface area (Å²) in [6.07, 6.45) is 1.10. The van der Waals surface area contributed by atoms with Gasteiger partial charge in [0.1, 0.15) is 12.1 Å². The van der Waals surface area contributed by atoms with Crippen LogP contribution < -0.4 is 33.2 Å². The summed E-state index contributed by atoms with van der Waals surface area (Å²) >= 11 is 0. The molecule has 0 aliphatic rings. The predicted octanol–water partition coefficient (Wildman–Crippen LogP) is -0.746. The standard InChI is InChI=1S/C30H40N8O6/c1-17(39)25(29(43)44)38-28(42)23(14-18-8-3-2-4-9-18)37-27(41)24(15-19-16-35-22-12-6-5-10-20(19)22)36-26(40)21(31)11-7-13-34-30(32)33/h2-6,8-10,12,16-17,21,23-25,35,39H,7,11,13-15,31H2,1H3,(H,36,40)(H,37,41)(H,38,42)(H,43,44)(H4,32,33,34). The number of aliphatic hydroxyl groups excluding tert-OH is 1. The second kappa shape index (κ2) is 16.0. The monoisotopic (exact) mass is 608 g/mol. The average Bonchev–Trinajstić information content (AvgIpc) is 3.39. The van der Waals surface area contributed by atoms with Crippen LogP contribution in [0, 0.1) is 0 Å². The van der Waals surface area contributed by atoms with Gasteiger partial charge in [0.2, 0.25) is 17.7 Å². The summed E-state index contributed by atoms with van der Waals surface area (Å²) in [5.41, 5.74) is 19.1. The zero-order valence-electron chi connectivity index (χ0n) is 24.4. The number of hydrogen-bond donors (Lipinski definition) is 9. The molecule has 1 heterocycles. The first-order chi connectivity index (χ1) is 21.0. The van der Waals surface area contributed by atoms with Crippen LogP contribution in [-0.2, 0) is 32.0 Å². The summed E-state index contributed by atoms with van der Waals surface area (Å²) in [5, 5.41) is 27.9. The van der Waals surface area contributed by atoms with Crippen LogP contribution in [0.4, 0.5) is 0 Å². The molecule has 2 aromatic carbocycles. The first kappa shape index (κ1) is 33.6.